The number of aromatic nitrogens is 1. The number of rotatable bonds is 0. The Morgan fingerprint density at radius 3 is 2.33 bits per heavy atom. The molecule has 0 saturated heterocycles. The van der Waals surface area contributed by atoms with Crippen molar-refractivity contribution in [2.45, 2.75) is 0 Å². The zero-order valence-electron chi connectivity index (χ0n) is 4.31. The smallest absolute Gasteiger partial charge is 0.250 e. The van der Waals surface area contributed by atoms with Gasteiger partial charge < -0.3 is 0 Å². The second kappa shape index (κ2) is 6.01. The van der Waals surface area contributed by atoms with Crippen LogP contribution in [-0.2, 0) is 0 Å². The fourth-order valence-corrected chi connectivity index (χ4v) is 0.654. The van der Waals surface area contributed by atoms with E-state index >= 15 is 0 Å². The number of hydrogen-bond donors (Lipinski definition) is 0. The van der Waals surface area contributed by atoms with Gasteiger partial charge in [0.05, 0.1) is 6.20 Å². The predicted molar refractivity (Wildman–Crippen MR) is 42.9 cm³/mol. The Morgan fingerprint density at radius 2 is 2.11 bits per heavy atom. The van der Waals surface area contributed by atoms with Gasteiger partial charge in [0.15, 0.2) is 0 Å². The quantitative estimate of drug-likeness (QED) is 0.612. The maximum absolute atomic E-state index is 10.2. The van der Waals surface area contributed by atoms with E-state index < -0.39 is 0 Å². The van der Waals surface area contributed by atoms with E-state index in [1.165, 1.54) is 6.20 Å². The van der Waals surface area contributed by atoms with Gasteiger partial charge in [0.1, 0.15) is 0 Å². The van der Waals surface area contributed by atoms with E-state index in [1.807, 2.05) is 0 Å². The molecule has 9 heavy (non-hydrogen) atoms. The summed E-state index contributed by atoms with van der Waals surface area (Å²) in [4.78, 5) is 13.8. The molecule has 1 aromatic heterocycles. The first-order valence-electron chi connectivity index (χ1n) is 1.78. The maximum Gasteiger partial charge on any atom is 0.250 e. The van der Waals surface area contributed by atoms with Crippen LogP contribution in [0.25, 0.3) is 0 Å². The molecule has 1 rings (SSSR count). The van der Waals surface area contributed by atoms with Crippen LogP contribution in [-0.4, -0.2) is 4.98 Å². The van der Waals surface area contributed by atoms with Crippen LogP contribution >= 0.6 is 36.2 Å². The van der Waals surface area contributed by atoms with Crippen molar-refractivity contribution in [3.63, 3.8) is 0 Å². The Bertz CT molecular complexity index is 184. The lowest BCUT2D eigenvalue weighted by atomic mass is 10.9. The van der Waals surface area contributed by atoms with E-state index in [0.29, 0.717) is 0 Å². The van der Waals surface area contributed by atoms with E-state index in [1.54, 1.807) is 11.6 Å². The Hall–Kier alpha value is -0.120. The molecular formula is C4H5Cl2NOS. The van der Waals surface area contributed by atoms with E-state index in [2.05, 4.69) is 4.98 Å². The van der Waals surface area contributed by atoms with Crippen molar-refractivity contribution in [2.75, 3.05) is 0 Å². The van der Waals surface area contributed by atoms with Gasteiger partial charge in [0.25, 0.3) is 4.74 Å². The lowest BCUT2D eigenvalue weighted by Crippen LogP contribution is -1.88. The summed E-state index contributed by atoms with van der Waals surface area (Å²) in [7, 11) is 0. The molecule has 0 N–H and O–H groups in total. The van der Waals surface area contributed by atoms with Crippen LogP contribution in [0.2, 0.25) is 0 Å². The fourth-order valence-electron chi connectivity index (χ4n) is 0.267. The number of hydrogen-bond acceptors (Lipinski definition) is 3. The minimum Gasteiger partial charge on any atom is -0.276 e. The van der Waals surface area contributed by atoms with Gasteiger partial charge in [-0.1, -0.05) is 11.3 Å². The zero-order chi connectivity index (χ0) is 5.11. The third kappa shape index (κ3) is 4.39. The molecule has 0 unspecified atom stereocenters. The van der Waals surface area contributed by atoms with E-state index in [-0.39, 0.29) is 29.6 Å². The number of nitrogens with zero attached hydrogens (tertiary/aromatic N) is 1. The standard InChI is InChI=1S/C4H3NOS.2ClH/c6-4-3-5-1-2-7-4;;/h1-3H;2*1H. The SMILES string of the molecule is Cl.Cl.O=c1cnccs1. The van der Waals surface area contributed by atoms with Crippen LogP contribution in [0, 0.1) is 0 Å². The average Bonchev–Trinajstić information content (AvgIpc) is 1.69. The molecule has 0 fully saturated rings. The van der Waals surface area contributed by atoms with Crippen LogP contribution < -0.4 is 4.74 Å². The van der Waals surface area contributed by atoms with Crippen LogP contribution in [0.4, 0.5) is 0 Å². The molecule has 0 aromatic carbocycles. The summed E-state index contributed by atoms with van der Waals surface area (Å²) in [6, 6.07) is 0. The molecule has 0 saturated carbocycles. The second-order valence-corrected chi connectivity index (χ2v) is 1.91. The summed E-state index contributed by atoms with van der Waals surface area (Å²) in [6.45, 7) is 0. The van der Waals surface area contributed by atoms with Gasteiger partial charge in [0, 0.05) is 11.6 Å². The van der Waals surface area contributed by atoms with E-state index in [4.69, 9.17) is 0 Å². The molecule has 0 aliphatic carbocycles. The molecule has 5 heteroatoms. The van der Waals surface area contributed by atoms with Crippen molar-refractivity contribution in [1.82, 2.24) is 4.98 Å². The summed E-state index contributed by atoms with van der Waals surface area (Å²) < 4.78 is 0.00231. The molecule has 0 atom stereocenters. The molecule has 1 heterocycles. The van der Waals surface area contributed by atoms with E-state index in [0.717, 1.165) is 11.3 Å². The van der Waals surface area contributed by atoms with Crippen molar-refractivity contribution in [2.24, 2.45) is 0 Å². The highest BCUT2D eigenvalue weighted by atomic mass is 35.5. The van der Waals surface area contributed by atoms with Gasteiger partial charge in [0.2, 0.25) is 0 Å². The lowest BCUT2D eigenvalue weighted by Gasteiger charge is -1.69. The Balaban J connectivity index is 0. The lowest BCUT2D eigenvalue weighted by molar-refractivity contribution is 1.34. The van der Waals surface area contributed by atoms with Crippen molar-refractivity contribution < 1.29 is 0 Å². The molecule has 0 aliphatic rings. The summed E-state index contributed by atoms with van der Waals surface area (Å²) >= 11 is 1.15. The first-order chi connectivity index (χ1) is 3.39. The topological polar surface area (TPSA) is 30.0 Å². The molecule has 52 valence electrons. The average molecular weight is 186 g/mol. The zero-order valence-corrected chi connectivity index (χ0v) is 6.76. The van der Waals surface area contributed by atoms with Crippen molar-refractivity contribution in [1.29, 1.82) is 0 Å². The Labute approximate surface area is 68.8 Å². The van der Waals surface area contributed by atoms with Crippen molar-refractivity contribution in [3.8, 4) is 0 Å². The van der Waals surface area contributed by atoms with Gasteiger partial charge in [-0.05, 0) is 0 Å². The van der Waals surface area contributed by atoms with Crippen molar-refractivity contribution in [3.05, 3.63) is 27.3 Å². The molecule has 1 aromatic rings. The second-order valence-electron chi connectivity index (χ2n) is 1.00. The van der Waals surface area contributed by atoms with Gasteiger partial charge in [-0.15, -0.1) is 24.8 Å². The molecule has 0 spiro atoms. The molecule has 0 radical (unpaired) electrons. The summed E-state index contributed by atoms with van der Waals surface area (Å²) in [5.41, 5.74) is 0. The largest absolute Gasteiger partial charge is 0.276 e. The first kappa shape index (κ1) is 11.6. The normalized spacial score (nSPS) is 6.67. The summed E-state index contributed by atoms with van der Waals surface area (Å²) in [5.74, 6) is 0. The predicted octanol–water partition coefficient (Wildman–Crippen LogP) is 1.35. The van der Waals surface area contributed by atoms with Gasteiger partial charge >= 0.3 is 0 Å². The molecule has 0 bridgehead atoms. The first-order valence-corrected chi connectivity index (χ1v) is 2.66. The van der Waals surface area contributed by atoms with Crippen LogP contribution in [0.1, 0.15) is 0 Å². The number of halogens is 2. The summed E-state index contributed by atoms with van der Waals surface area (Å²) in [5, 5.41) is 1.66. The Kier molecular flexibility index (Phi) is 7.77. The van der Waals surface area contributed by atoms with Gasteiger partial charge in [-0.3, -0.25) is 9.78 Å². The maximum atomic E-state index is 10.2. The van der Waals surface area contributed by atoms with Crippen molar-refractivity contribution >= 4 is 36.2 Å². The highest BCUT2D eigenvalue weighted by Gasteiger charge is 1.73. The van der Waals surface area contributed by atoms with Crippen LogP contribution in [0.3, 0.4) is 0 Å². The molecule has 0 amide bonds. The minimum absolute atomic E-state index is 0. The van der Waals surface area contributed by atoms with Crippen LogP contribution in [0.15, 0.2) is 22.6 Å². The monoisotopic (exact) mass is 185 g/mol. The molecular weight excluding hydrogens is 181 g/mol. The van der Waals surface area contributed by atoms with Crippen LogP contribution in [0.5, 0.6) is 0 Å². The third-order valence-electron chi connectivity index (χ3n) is 0.511. The molecule has 0 aliphatic heterocycles. The Morgan fingerprint density at radius 1 is 1.44 bits per heavy atom. The minimum atomic E-state index is 0. The van der Waals surface area contributed by atoms with Gasteiger partial charge in [-0.2, -0.15) is 0 Å². The molecule has 2 nitrogen and oxygen atoms in total. The fraction of sp³-hybridized carbons (Fsp3) is 0. The van der Waals surface area contributed by atoms with E-state index in [9.17, 15) is 4.79 Å². The third-order valence-corrected chi connectivity index (χ3v) is 1.11. The highest BCUT2D eigenvalue weighted by molar-refractivity contribution is 7.07. The summed E-state index contributed by atoms with van der Waals surface area (Å²) in [6.07, 6.45) is 2.89. The highest BCUT2D eigenvalue weighted by Crippen LogP contribution is 1.77. The van der Waals surface area contributed by atoms with Gasteiger partial charge in [-0.25, -0.2) is 0 Å².